The van der Waals surface area contributed by atoms with Crippen molar-refractivity contribution in [2.75, 3.05) is 46.4 Å². The topological polar surface area (TPSA) is 48.9 Å². The smallest absolute Gasteiger partial charge is 0.191 e. The van der Waals surface area contributed by atoms with Crippen LogP contribution < -0.4 is 15.4 Å². The van der Waals surface area contributed by atoms with Crippen LogP contribution in [0.25, 0.3) is 0 Å². The Morgan fingerprint density at radius 1 is 1.09 bits per heavy atom. The highest BCUT2D eigenvalue weighted by molar-refractivity contribution is 5.79. The zero-order chi connectivity index (χ0) is 16.0. The minimum Gasteiger partial charge on any atom is -0.492 e. The highest BCUT2D eigenvalue weighted by atomic mass is 16.5. The normalized spacial score (nSPS) is 11.5. The van der Waals surface area contributed by atoms with E-state index in [4.69, 9.17) is 4.74 Å². The van der Waals surface area contributed by atoms with Crippen LogP contribution >= 0.6 is 0 Å². The molecule has 1 rings (SSSR count). The Balaban J connectivity index is 2.14. The van der Waals surface area contributed by atoms with E-state index in [9.17, 15) is 0 Å². The summed E-state index contributed by atoms with van der Waals surface area (Å²) in [5.74, 6) is 1.72. The van der Waals surface area contributed by atoms with Crippen molar-refractivity contribution in [3.05, 3.63) is 30.3 Å². The fourth-order valence-electron chi connectivity index (χ4n) is 2.15. The lowest BCUT2D eigenvalue weighted by Gasteiger charge is -2.20. The van der Waals surface area contributed by atoms with Gasteiger partial charge in [0.1, 0.15) is 12.4 Å². The van der Waals surface area contributed by atoms with Gasteiger partial charge in [0, 0.05) is 20.1 Å². The van der Waals surface area contributed by atoms with Crippen molar-refractivity contribution in [1.29, 1.82) is 0 Å². The fraction of sp³-hybridized carbons (Fsp3) is 0.588. The van der Waals surface area contributed by atoms with E-state index in [2.05, 4.69) is 34.4 Å². The second kappa shape index (κ2) is 11.9. The quantitative estimate of drug-likeness (QED) is 0.394. The first kappa shape index (κ1) is 18.3. The minimum absolute atomic E-state index is 0.613. The van der Waals surface area contributed by atoms with Gasteiger partial charge in [-0.3, -0.25) is 4.99 Å². The first-order chi connectivity index (χ1) is 10.8. The van der Waals surface area contributed by atoms with E-state index in [0.717, 1.165) is 44.4 Å². The molecular formula is C17H30N4O. The molecular weight excluding hydrogens is 276 g/mol. The van der Waals surface area contributed by atoms with Crippen molar-refractivity contribution in [1.82, 2.24) is 15.5 Å². The molecule has 0 bridgehead atoms. The van der Waals surface area contributed by atoms with Crippen LogP contribution in [0.3, 0.4) is 0 Å². The molecule has 0 heterocycles. The van der Waals surface area contributed by atoms with E-state index >= 15 is 0 Å². The lowest BCUT2D eigenvalue weighted by atomic mass is 10.3. The van der Waals surface area contributed by atoms with Crippen molar-refractivity contribution in [3.8, 4) is 5.75 Å². The second-order valence-corrected chi connectivity index (χ2v) is 5.02. The molecule has 0 radical (unpaired) electrons. The average Bonchev–Trinajstić information content (AvgIpc) is 2.57. The van der Waals surface area contributed by atoms with Gasteiger partial charge in [-0.1, -0.05) is 32.0 Å². The summed E-state index contributed by atoms with van der Waals surface area (Å²) < 4.78 is 5.64. The molecule has 0 unspecified atom stereocenters. The molecule has 124 valence electrons. The van der Waals surface area contributed by atoms with Crippen LogP contribution in [0.5, 0.6) is 5.75 Å². The van der Waals surface area contributed by atoms with E-state index in [0.29, 0.717) is 6.61 Å². The molecule has 0 fully saturated rings. The summed E-state index contributed by atoms with van der Waals surface area (Å²) in [6.07, 6.45) is 1.19. The molecule has 0 saturated carbocycles. The number of benzene rings is 1. The van der Waals surface area contributed by atoms with Gasteiger partial charge >= 0.3 is 0 Å². The summed E-state index contributed by atoms with van der Waals surface area (Å²) in [6.45, 7) is 9.91. The van der Waals surface area contributed by atoms with E-state index in [-0.39, 0.29) is 0 Å². The largest absolute Gasteiger partial charge is 0.492 e. The summed E-state index contributed by atoms with van der Waals surface area (Å²) in [7, 11) is 1.79. The van der Waals surface area contributed by atoms with Crippen molar-refractivity contribution < 1.29 is 4.74 Å². The molecule has 0 aliphatic rings. The van der Waals surface area contributed by atoms with Gasteiger partial charge in [-0.15, -0.1) is 0 Å². The number of rotatable bonds is 10. The third-order valence-corrected chi connectivity index (χ3v) is 3.34. The Hall–Kier alpha value is -1.75. The average molecular weight is 306 g/mol. The molecule has 22 heavy (non-hydrogen) atoms. The van der Waals surface area contributed by atoms with Gasteiger partial charge in [0.2, 0.25) is 0 Å². The molecule has 0 saturated heterocycles. The number of guanidine groups is 1. The Bertz CT molecular complexity index is 408. The van der Waals surface area contributed by atoms with Gasteiger partial charge in [0.05, 0.1) is 6.54 Å². The zero-order valence-corrected chi connectivity index (χ0v) is 14.1. The van der Waals surface area contributed by atoms with Gasteiger partial charge in [-0.05, 0) is 31.6 Å². The van der Waals surface area contributed by atoms with Crippen molar-refractivity contribution >= 4 is 5.96 Å². The number of hydrogen-bond donors (Lipinski definition) is 2. The van der Waals surface area contributed by atoms with Gasteiger partial charge in [-0.25, -0.2) is 0 Å². The molecule has 0 aliphatic carbocycles. The Labute approximate surface area is 134 Å². The van der Waals surface area contributed by atoms with Crippen LogP contribution in [0, 0.1) is 0 Å². The Morgan fingerprint density at radius 3 is 2.45 bits per heavy atom. The van der Waals surface area contributed by atoms with Crippen LogP contribution in [0.1, 0.15) is 20.3 Å². The molecule has 2 N–H and O–H groups in total. The lowest BCUT2D eigenvalue weighted by Crippen LogP contribution is -2.42. The minimum atomic E-state index is 0.613. The van der Waals surface area contributed by atoms with Crippen molar-refractivity contribution in [2.24, 2.45) is 4.99 Å². The standard InChI is InChI=1S/C17H30N4O/c1-4-13-21(5-2)14-11-19-17(18-3)20-12-15-22-16-9-7-6-8-10-16/h6-10H,4-5,11-15H2,1-3H3,(H2,18,19,20). The summed E-state index contributed by atoms with van der Waals surface area (Å²) in [5, 5.41) is 6.59. The van der Waals surface area contributed by atoms with Crippen LogP contribution in [0.4, 0.5) is 0 Å². The van der Waals surface area contributed by atoms with Crippen LogP contribution in [-0.2, 0) is 0 Å². The van der Waals surface area contributed by atoms with Gasteiger partial charge in [-0.2, -0.15) is 0 Å². The number of likely N-dealkylation sites (N-methyl/N-ethyl adjacent to an activating group) is 1. The molecule has 0 aliphatic heterocycles. The maximum absolute atomic E-state index is 5.64. The molecule has 0 atom stereocenters. The van der Waals surface area contributed by atoms with Gasteiger partial charge in [0.15, 0.2) is 5.96 Å². The molecule has 1 aromatic rings. The molecule has 0 aromatic heterocycles. The third-order valence-electron chi connectivity index (χ3n) is 3.34. The van der Waals surface area contributed by atoms with Crippen molar-refractivity contribution in [3.63, 3.8) is 0 Å². The Kier molecular flexibility index (Phi) is 9.87. The monoisotopic (exact) mass is 306 g/mol. The summed E-state index contributed by atoms with van der Waals surface area (Å²) in [5.41, 5.74) is 0. The van der Waals surface area contributed by atoms with Crippen LogP contribution in [-0.4, -0.2) is 57.2 Å². The van der Waals surface area contributed by atoms with E-state index in [1.165, 1.54) is 6.42 Å². The van der Waals surface area contributed by atoms with E-state index in [1.807, 2.05) is 30.3 Å². The van der Waals surface area contributed by atoms with E-state index < -0.39 is 0 Å². The number of para-hydroxylation sites is 1. The lowest BCUT2D eigenvalue weighted by molar-refractivity contribution is 0.292. The van der Waals surface area contributed by atoms with Gasteiger partial charge < -0.3 is 20.3 Å². The number of nitrogens with one attached hydrogen (secondary N) is 2. The fourth-order valence-corrected chi connectivity index (χ4v) is 2.15. The highest BCUT2D eigenvalue weighted by Crippen LogP contribution is 2.07. The Morgan fingerprint density at radius 2 is 1.82 bits per heavy atom. The number of hydrogen-bond acceptors (Lipinski definition) is 3. The van der Waals surface area contributed by atoms with Crippen LogP contribution in [0.15, 0.2) is 35.3 Å². The highest BCUT2D eigenvalue weighted by Gasteiger charge is 2.01. The predicted octanol–water partition coefficient (Wildman–Crippen LogP) is 1.96. The molecule has 0 spiro atoms. The molecule has 5 nitrogen and oxygen atoms in total. The van der Waals surface area contributed by atoms with E-state index in [1.54, 1.807) is 7.05 Å². The molecule has 1 aromatic carbocycles. The maximum atomic E-state index is 5.64. The van der Waals surface area contributed by atoms with Gasteiger partial charge in [0.25, 0.3) is 0 Å². The number of nitrogens with zero attached hydrogens (tertiary/aromatic N) is 2. The van der Waals surface area contributed by atoms with Crippen molar-refractivity contribution in [2.45, 2.75) is 20.3 Å². The SMILES string of the molecule is CCCN(CC)CCNC(=NC)NCCOc1ccccc1. The summed E-state index contributed by atoms with van der Waals surface area (Å²) >= 11 is 0. The van der Waals surface area contributed by atoms with Crippen LogP contribution in [0.2, 0.25) is 0 Å². The summed E-state index contributed by atoms with van der Waals surface area (Å²) in [4.78, 5) is 6.65. The first-order valence-corrected chi connectivity index (χ1v) is 8.14. The first-order valence-electron chi connectivity index (χ1n) is 8.14. The number of aliphatic imine (C=N–C) groups is 1. The maximum Gasteiger partial charge on any atom is 0.191 e. The zero-order valence-electron chi connectivity index (χ0n) is 14.1. The molecule has 5 heteroatoms. The number of ether oxygens (including phenoxy) is 1. The third kappa shape index (κ3) is 7.88. The molecule has 0 amide bonds. The second-order valence-electron chi connectivity index (χ2n) is 5.02. The predicted molar refractivity (Wildman–Crippen MR) is 93.7 cm³/mol. The summed E-state index contributed by atoms with van der Waals surface area (Å²) in [6, 6.07) is 9.84.